The summed E-state index contributed by atoms with van der Waals surface area (Å²) < 4.78 is 0.959. The number of halogens is 3. The van der Waals surface area contributed by atoms with Gasteiger partial charge in [-0.3, -0.25) is 4.98 Å². The minimum atomic E-state index is 0.618. The van der Waals surface area contributed by atoms with Crippen LogP contribution in [0.5, 0.6) is 0 Å². The summed E-state index contributed by atoms with van der Waals surface area (Å²) in [6.07, 6.45) is 3.56. The summed E-state index contributed by atoms with van der Waals surface area (Å²) in [5.74, 6) is 0. The monoisotopic (exact) mass is 330 g/mol. The molecular formula is C12H9BrCl2N2. The summed E-state index contributed by atoms with van der Waals surface area (Å²) in [5, 5.41) is 4.48. The molecule has 17 heavy (non-hydrogen) atoms. The lowest BCUT2D eigenvalue weighted by Gasteiger charge is -2.07. The van der Waals surface area contributed by atoms with E-state index >= 15 is 0 Å². The molecule has 0 aliphatic rings. The predicted molar refractivity (Wildman–Crippen MR) is 75.7 cm³/mol. The first-order valence-electron chi connectivity index (χ1n) is 4.93. The second-order valence-electron chi connectivity index (χ2n) is 3.52. The molecule has 0 atom stereocenters. The van der Waals surface area contributed by atoms with Crippen molar-refractivity contribution in [2.45, 2.75) is 6.54 Å². The fourth-order valence-electron chi connectivity index (χ4n) is 1.41. The van der Waals surface area contributed by atoms with Crippen LogP contribution in [0.25, 0.3) is 0 Å². The fourth-order valence-corrected chi connectivity index (χ4v) is 2.35. The van der Waals surface area contributed by atoms with E-state index in [1.807, 2.05) is 24.4 Å². The van der Waals surface area contributed by atoms with Gasteiger partial charge in [0.1, 0.15) is 0 Å². The first kappa shape index (κ1) is 12.7. The van der Waals surface area contributed by atoms with Gasteiger partial charge in [0.15, 0.2) is 0 Å². The molecule has 0 fully saturated rings. The van der Waals surface area contributed by atoms with Crippen LogP contribution in [0.3, 0.4) is 0 Å². The molecule has 0 spiro atoms. The Hall–Kier alpha value is -0.770. The maximum absolute atomic E-state index is 5.91. The molecule has 1 aromatic carbocycles. The Morgan fingerprint density at radius 3 is 2.41 bits per heavy atom. The molecule has 0 aliphatic heterocycles. The number of nitrogens with zero attached hydrogens (tertiary/aromatic N) is 1. The van der Waals surface area contributed by atoms with Crippen LogP contribution in [-0.2, 0) is 6.54 Å². The molecule has 88 valence electrons. The Kier molecular flexibility index (Phi) is 4.26. The van der Waals surface area contributed by atoms with E-state index in [0.29, 0.717) is 16.6 Å². The Balaban J connectivity index is 2.07. The highest BCUT2D eigenvalue weighted by molar-refractivity contribution is 9.10. The van der Waals surface area contributed by atoms with Crippen LogP contribution in [0, 0.1) is 0 Å². The number of aromatic nitrogens is 1. The summed E-state index contributed by atoms with van der Waals surface area (Å²) in [6.45, 7) is 0.670. The van der Waals surface area contributed by atoms with E-state index in [1.54, 1.807) is 12.3 Å². The van der Waals surface area contributed by atoms with Gasteiger partial charge >= 0.3 is 0 Å². The molecule has 0 aliphatic carbocycles. The molecule has 0 amide bonds. The van der Waals surface area contributed by atoms with E-state index in [-0.39, 0.29) is 0 Å². The number of hydrogen-bond acceptors (Lipinski definition) is 2. The lowest BCUT2D eigenvalue weighted by molar-refractivity contribution is 1.11. The lowest BCUT2D eigenvalue weighted by Crippen LogP contribution is -1.99. The number of nitrogens with one attached hydrogen (secondary N) is 1. The zero-order valence-corrected chi connectivity index (χ0v) is 11.9. The molecule has 2 nitrogen and oxygen atoms in total. The van der Waals surface area contributed by atoms with E-state index in [2.05, 4.69) is 26.2 Å². The molecule has 0 unspecified atom stereocenters. The fraction of sp³-hybridized carbons (Fsp3) is 0.0833. The van der Waals surface area contributed by atoms with E-state index < -0.39 is 0 Å². The Bertz CT molecular complexity index is 511. The first-order chi connectivity index (χ1) is 8.13. The second kappa shape index (κ2) is 5.71. The van der Waals surface area contributed by atoms with Gasteiger partial charge in [0.25, 0.3) is 0 Å². The summed E-state index contributed by atoms with van der Waals surface area (Å²) in [4.78, 5) is 4.09. The van der Waals surface area contributed by atoms with E-state index in [0.717, 1.165) is 15.7 Å². The van der Waals surface area contributed by atoms with Crippen molar-refractivity contribution in [2.75, 3.05) is 5.32 Å². The molecule has 1 heterocycles. The molecule has 0 saturated carbocycles. The standard InChI is InChI=1S/C12H9BrCl2N2/c13-9-1-8(5-16-7-9)6-17-12-3-10(14)2-11(15)4-12/h1-5,7,17H,6H2. The van der Waals surface area contributed by atoms with E-state index in [9.17, 15) is 0 Å². The van der Waals surface area contributed by atoms with Gasteiger partial charge in [0, 0.05) is 39.1 Å². The van der Waals surface area contributed by atoms with Crippen molar-refractivity contribution in [3.8, 4) is 0 Å². The minimum Gasteiger partial charge on any atom is -0.381 e. The molecule has 2 aromatic rings. The molecule has 1 aromatic heterocycles. The van der Waals surface area contributed by atoms with Crippen LogP contribution in [0.1, 0.15) is 5.56 Å². The minimum absolute atomic E-state index is 0.618. The lowest BCUT2D eigenvalue weighted by atomic mass is 10.2. The Morgan fingerprint density at radius 2 is 1.76 bits per heavy atom. The van der Waals surface area contributed by atoms with Gasteiger partial charge in [0.2, 0.25) is 0 Å². The van der Waals surface area contributed by atoms with Crippen LogP contribution < -0.4 is 5.32 Å². The number of hydrogen-bond donors (Lipinski definition) is 1. The SMILES string of the molecule is Clc1cc(Cl)cc(NCc2cncc(Br)c2)c1. The van der Waals surface area contributed by atoms with Gasteiger partial charge in [0.05, 0.1) is 0 Å². The molecule has 0 bridgehead atoms. The topological polar surface area (TPSA) is 24.9 Å². The van der Waals surface area contributed by atoms with Gasteiger partial charge in [-0.05, 0) is 45.8 Å². The highest BCUT2D eigenvalue weighted by Crippen LogP contribution is 2.23. The summed E-state index contributed by atoms with van der Waals surface area (Å²) in [6, 6.07) is 7.37. The van der Waals surface area contributed by atoms with Gasteiger partial charge in [-0.1, -0.05) is 23.2 Å². The smallest absolute Gasteiger partial charge is 0.0441 e. The van der Waals surface area contributed by atoms with E-state index in [1.165, 1.54) is 0 Å². The normalized spacial score (nSPS) is 10.3. The Morgan fingerprint density at radius 1 is 1.06 bits per heavy atom. The summed E-state index contributed by atoms with van der Waals surface area (Å²) >= 11 is 15.2. The van der Waals surface area contributed by atoms with Crippen LogP contribution in [0.15, 0.2) is 41.1 Å². The van der Waals surface area contributed by atoms with Crippen LogP contribution in [0.4, 0.5) is 5.69 Å². The molecule has 2 rings (SSSR count). The van der Waals surface area contributed by atoms with Gasteiger partial charge in [-0.2, -0.15) is 0 Å². The quantitative estimate of drug-likeness (QED) is 0.876. The highest BCUT2D eigenvalue weighted by atomic mass is 79.9. The van der Waals surface area contributed by atoms with E-state index in [4.69, 9.17) is 23.2 Å². The van der Waals surface area contributed by atoms with Crippen molar-refractivity contribution in [1.82, 2.24) is 4.98 Å². The van der Waals surface area contributed by atoms with Crippen molar-refractivity contribution in [1.29, 1.82) is 0 Å². The number of benzene rings is 1. The number of pyridine rings is 1. The summed E-state index contributed by atoms with van der Waals surface area (Å²) in [5.41, 5.74) is 1.97. The average molecular weight is 332 g/mol. The molecule has 5 heteroatoms. The summed E-state index contributed by atoms with van der Waals surface area (Å²) in [7, 11) is 0. The van der Waals surface area contributed by atoms with Crippen molar-refractivity contribution < 1.29 is 0 Å². The highest BCUT2D eigenvalue weighted by Gasteiger charge is 1.99. The van der Waals surface area contributed by atoms with Crippen LogP contribution >= 0.6 is 39.1 Å². The van der Waals surface area contributed by atoms with Crippen molar-refractivity contribution in [2.24, 2.45) is 0 Å². The number of anilines is 1. The van der Waals surface area contributed by atoms with Gasteiger partial charge in [-0.25, -0.2) is 0 Å². The molecule has 1 N–H and O–H groups in total. The maximum atomic E-state index is 5.91. The van der Waals surface area contributed by atoms with Crippen molar-refractivity contribution >= 4 is 44.8 Å². The first-order valence-corrected chi connectivity index (χ1v) is 6.48. The largest absolute Gasteiger partial charge is 0.381 e. The zero-order valence-electron chi connectivity index (χ0n) is 8.75. The van der Waals surface area contributed by atoms with Crippen molar-refractivity contribution in [3.63, 3.8) is 0 Å². The average Bonchev–Trinajstić information content (AvgIpc) is 2.25. The third-order valence-corrected chi connectivity index (χ3v) is 2.99. The molecule has 0 saturated heterocycles. The van der Waals surface area contributed by atoms with Crippen molar-refractivity contribution in [3.05, 3.63) is 56.7 Å². The molecule has 0 radical (unpaired) electrons. The number of rotatable bonds is 3. The third kappa shape index (κ3) is 3.87. The van der Waals surface area contributed by atoms with Crippen LogP contribution in [0.2, 0.25) is 10.0 Å². The predicted octanol–water partition coefficient (Wildman–Crippen LogP) is 4.76. The van der Waals surface area contributed by atoms with Gasteiger partial charge < -0.3 is 5.32 Å². The van der Waals surface area contributed by atoms with Crippen LogP contribution in [-0.4, -0.2) is 4.98 Å². The molecular weight excluding hydrogens is 323 g/mol. The second-order valence-corrected chi connectivity index (χ2v) is 5.31. The Labute approximate surface area is 118 Å². The maximum Gasteiger partial charge on any atom is 0.0441 e. The van der Waals surface area contributed by atoms with Gasteiger partial charge in [-0.15, -0.1) is 0 Å². The third-order valence-electron chi connectivity index (χ3n) is 2.12. The zero-order chi connectivity index (χ0) is 12.3.